The summed E-state index contributed by atoms with van der Waals surface area (Å²) < 4.78 is 0. The molecule has 0 bridgehead atoms. The molecule has 196 valence electrons. The number of benzene rings is 4. The fraction of sp³-hybridized carbons (Fsp3) is 0.0714. The second-order valence-electron chi connectivity index (χ2n) is 8.44. The normalized spacial score (nSPS) is 11.3. The number of hydrogen-bond acceptors (Lipinski definition) is 7. The molecule has 4 aromatic rings. The number of amides is 2. The largest absolute Gasteiger partial charge is 0.324 e. The highest BCUT2D eigenvalue weighted by Crippen LogP contribution is 2.37. The highest BCUT2D eigenvalue weighted by molar-refractivity contribution is 8.00. The Morgan fingerprint density at radius 3 is 2.00 bits per heavy atom. The van der Waals surface area contributed by atoms with Crippen molar-refractivity contribution in [3.63, 3.8) is 0 Å². The first-order valence-corrected chi connectivity index (χ1v) is 12.5. The zero-order chi connectivity index (χ0) is 27.9. The molecule has 0 fully saturated rings. The van der Waals surface area contributed by atoms with Gasteiger partial charge in [0, 0.05) is 40.4 Å². The van der Waals surface area contributed by atoms with Crippen LogP contribution in [0.2, 0.25) is 0 Å². The van der Waals surface area contributed by atoms with Crippen LogP contribution in [0, 0.1) is 27.2 Å². The summed E-state index contributed by atoms with van der Waals surface area (Å²) in [5.74, 6) is -0.760. The van der Waals surface area contributed by atoms with E-state index in [1.54, 1.807) is 37.3 Å². The molecule has 0 aliphatic heterocycles. The van der Waals surface area contributed by atoms with Gasteiger partial charge in [0.25, 0.3) is 17.3 Å². The van der Waals surface area contributed by atoms with Gasteiger partial charge in [-0.2, -0.15) is 0 Å². The Morgan fingerprint density at radius 2 is 1.38 bits per heavy atom. The van der Waals surface area contributed by atoms with Gasteiger partial charge in [-0.05, 0) is 54.4 Å². The monoisotopic (exact) mass is 542 g/mol. The van der Waals surface area contributed by atoms with Gasteiger partial charge in [-0.1, -0.05) is 36.4 Å². The molecule has 2 N–H and O–H groups in total. The van der Waals surface area contributed by atoms with Crippen LogP contribution in [0.4, 0.5) is 22.7 Å². The lowest BCUT2D eigenvalue weighted by atomic mass is 10.1. The number of carbonyl (C=O) groups is 2. The number of nitro benzene ring substituents is 2. The van der Waals surface area contributed by atoms with Crippen molar-refractivity contribution >= 4 is 46.3 Å². The van der Waals surface area contributed by atoms with Crippen molar-refractivity contribution in [3.05, 3.63) is 134 Å². The topological polar surface area (TPSA) is 144 Å². The van der Waals surface area contributed by atoms with Crippen LogP contribution in [0.5, 0.6) is 0 Å². The number of thioether (sulfide) groups is 1. The van der Waals surface area contributed by atoms with Gasteiger partial charge < -0.3 is 10.6 Å². The van der Waals surface area contributed by atoms with Gasteiger partial charge in [-0.15, -0.1) is 11.8 Å². The van der Waals surface area contributed by atoms with E-state index < -0.39 is 21.0 Å². The first kappa shape index (κ1) is 27.0. The first-order valence-electron chi connectivity index (χ1n) is 11.6. The third kappa shape index (κ3) is 6.84. The Balaban J connectivity index is 1.49. The number of aryl methyl sites for hydroxylation is 1. The van der Waals surface area contributed by atoms with Crippen LogP contribution in [-0.4, -0.2) is 21.7 Å². The third-order valence-electron chi connectivity index (χ3n) is 5.74. The van der Waals surface area contributed by atoms with Crippen molar-refractivity contribution in [1.29, 1.82) is 0 Å². The number of nitrogens with zero attached hydrogens (tertiary/aromatic N) is 2. The van der Waals surface area contributed by atoms with E-state index in [0.29, 0.717) is 16.9 Å². The quantitative estimate of drug-likeness (QED) is 0.139. The van der Waals surface area contributed by atoms with Crippen LogP contribution in [0.25, 0.3) is 0 Å². The van der Waals surface area contributed by atoms with Crippen LogP contribution in [0.1, 0.15) is 26.7 Å². The number of anilines is 2. The second-order valence-corrected chi connectivity index (χ2v) is 9.62. The molecule has 2 amide bonds. The molecule has 1 atom stereocenters. The minimum atomic E-state index is -0.662. The van der Waals surface area contributed by atoms with Crippen LogP contribution in [0.15, 0.2) is 102 Å². The van der Waals surface area contributed by atoms with Crippen molar-refractivity contribution in [3.8, 4) is 0 Å². The maximum Gasteiger partial charge on any atom is 0.271 e. The van der Waals surface area contributed by atoms with E-state index in [1.165, 1.54) is 48.2 Å². The predicted molar refractivity (Wildman–Crippen MR) is 149 cm³/mol. The van der Waals surface area contributed by atoms with Crippen molar-refractivity contribution < 1.29 is 19.4 Å². The Labute approximate surface area is 227 Å². The number of carbonyl (C=O) groups excluding carboxylic acids is 2. The van der Waals surface area contributed by atoms with E-state index in [-0.39, 0.29) is 22.8 Å². The third-order valence-corrected chi connectivity index (χ3v) is 7.00. The molecule has 0 aliphatic rings. The van der Waals surface area contributed by atoms with Gasteiger partial charge in [-0.25, -0.2) is 0 Å². The van der Waals surface area contributed by atoms with Crippen molar-refractivity contribution in [2.24, 2.45) is 0 Å². The summed E-state index contributed by atoms with van der Waals surface area (Å²) in [5, 5.41) is 26.9. The van der Waals surface area contributed by atoms with Gasteiger partial charge in [0.2, 0.25) is 5.91 Å². The van der Waals surface area contributed by atoms with Gasteiger partial charge >= 0.3 is 0 Å². The Hall–Kier alpha value is -5.03. The molecule has 0 saturated heterocycles. The molecule has 0 heterocycles. The summed E-state index contributed by atoms with van der Waals surface area (Å²) in [5.41, 5.74) is 2.36. The van der Waals surface area contributed by atoms with Gasteiger partial charge in [0.15, 0.2) is 0 Å². The molecule has 4 aromatic carbocycles. The fourth-order valence-corrected chi connectivity index (χ4v) is 4.67. The Kier molecular flexibility index (Phi) is 8.32. The minimum Gasteiger partial charge on any atom is -0.324 e. The molecule has 10 nitrogen and oxygen atoms in total. The maximum atomic E-state index is 13.4. The molecular formula is C28H22N4O6S. The van der Waals surface area contributed by atoms with E-state index in [1.807, 2.05) is 30.3 Å². The highest BCUT2D eigenvalue weighted by Gasteiger charge is 2.23. The summed E-state index contributed by atoms with van der Waals surface area (Å²) in [6.07, 6.45) is 0. The number of nitrogens with one attached hydrogen (secondary N) is 2. The van der Waals surface area contributed by atoms with Crippen molar-refractivity contribution in [2.75, 3.05) is 10.6 Å². The van der Waals surface area contributed by atoms with Crippen LogP contribution >= 0.6 is 11.8 Å². The summed E-state index contributed by atoms with van der Waals surface area (Å²) in [6.45, 7) is 1.76. The standard InChI is InChI=1S/C28H22N4O6S/c1-18-7-12-23(32(37)38)17-25(18)30-28(34)26(19-5-3-2-4-6-19)39-24-15-10-21(11-16-24)29-27(33)20-8-13-22(14-9-20)31(35)36/h2-17,26H,1H3,(H,29,33)(H,30,34). The zero-order valence-corrected chi connectivity index (χ0v) is 21.4. The van der Waals surface area contributed by atoms with E-state index in [9.17, 15) is 29.8 Å². The summed E-state index contributed by atoms with van der Waals surface area (Å²) in [7, 11) is 0. The summed E-state index contributed by atoms with van der Waals surface area (Å²) >= 11 is 1.29. The number of non-ortho nitro benzene ring substituents is 2. The minimum absolute atomic E-state index is 0.106. The molecule has 1 unspecified atom stereocenters. The maximum absolute atomic E-state index is 13.4. The summed E-state index contributed by atoms with van der Waals surface area (Å²) in [6, 6.07) is 25.6. The van der Waals surface area contributed by atoms with E-state index in [0.717, 1.165) is 10.5 Å². The Bertz CT molecular complexity index is 1530. The molecule has 0 radical (unpaired) electrons. The van der Waals surface area contributed by atoms with Gasteiger partial charge in [0.1, 0.15) is 5.25 Å². The molecular weight excluding hydrogens is 520 g/mol. The lowest BCUT2D eigenvalue weighted by Crippen LogP contribution is -2.19. The van der Waals surface area contributed by atoms with E-state index in [4.69, 9.17) is 0 Å². The lowest BCUT2D eigenvalue weighted by molar-refractivity contribution is -0.385. The number of hydrogen-bond donors (Lipinski definition) is 2. The average molecular weight is 543 g/mol. The predicted octanol–water partition coefficient (Wildman–Crippen LogP) is 6.54. The molecule has 0 aromatic heterocycles. The number of rotatable bonds is 9. The second kappa shape index (κ2) is 12.0. The van der Waals surface area contributed by atoms with E-state index in [2.05, 4.69) is 10.6 Å². The van der Waals surface area contributed by atoms with Crippen molar-refractivity contribution in [2.45, 2.75) is 17.1 Å². The average Bonchev–Trinajstić information content (AvgIpc) is 2.94. The van der Waals surface area contributed by atoms with Crippen LogP contribution < -0.4 is 10.6 Å². The fourth-order valence-electron chi connectivity index (χ4n) is 3.65. The van der Waals surface area contributed by atoms with Crippen LogP contribution in [-0.2, 0) is 4.79 Å². The molecule has 11 heteroatoms. The van der Waals surface area contributed by atoms with Crippen LogP contribution in [0.3, 0.4) is 0 Å². The molecule has 0 aliphatic carbocycles. The molecule has 0 saturated carbocycles. The SMILES string of the molecule is Cc1ccc([N+](=O)[O-])cc1NC(=O)C(Sc1ccc(NC(=O)c2ccc([N+](=O)[O-])cc2)cc1)c1ccccc1. The lowest BCUT2D eigenvalue weighted by Gasteiger charge is -2.18. The highest BCUT2D eigenvalue weighted by atomic mass is 32.2. The number of nitro groups is 2. The first-order chi connectivity index (χ1) is 18.7. The smallest absolute Gasteiger partial charge is 0.271 e. The summed E-state index contributed by atoms with van der Waals surface area (Å²) in [4.78, 5) is 47.6. The van der Waals surface area contributed by atoms with Crippen molar-refractivity contribution in [1.82, 2.24) is 0 Å². The Morgan fingerprint density at radius 1 is 0.769 bits per heavy atom. The molecule has 4 rings (SSSR count). The molecule has 0 spiro atoms. The molecule has 39 heavy (non-hydrogen) atoms. The zero-order valence-electron chi connectivity index (χ0n) is 20.6. The van der Waals surface area contributed by atoms with E-state index >= 15 is 0 Å². The van der Waals surface area contributed by atoms with Gasteiger partial charge in [-0.3, -0.25) is 29.8 Å². The van der Waals surface area contributed by atoms with Gasteiger partial charge in [0.05, 0.1) is 15.5 Å².